The fourth-order valence-electron chi connectivity index (χ4n) is 4.22. The van der Waals surface area contributed by atoms with E-state index < -0.39 is 15.9 Å². The molecule has 2 aliphatic rings. The van der Waals surface area contributed by atoms with Crippen LogP contribution in [0.1, 0.15) is 22.6 Å². The van der Waals surface area contributed by atoms with E-state index in [1.807, 2.05) is 36.4 Å². The molecular formula is C25H18BrN3O3S. The monoisotopic (exact) mass is 519 g/mol. The number of anilines is 1. The van der Waals surface area contributed by atoms with Gasteiger partial charge in [0.15, 0.2) is 5.76 Å². The number of nitrogens with two attached hydrogens (primary N) is 1. The van der Waals surface area contributed by atoms with Gasteiger partial charge in [0, 0.05) is 10.0 Å². The summed E-state index contributed by atoms with van der Waals surface area (Å²) in [4.78, 5) is 0.0187. The number of nitriles is 1. The topological polar surface area (TPSA) is 96.4 Å². The van der Waals surface area contributed by atoms with Crippen LogP contribution in [0.25, 0.3) is 5.76 Å². The van der Waals surface area contributed by atoms with Crippen LogP contribution in [0.3, 0.4) is 0 Å². The lowest BCUT2D eigenvalue weighted by molar-refractivity contribution is 0.357. The molecule has 2 N–H and O–H groups in total. The summed E-state index contributed by atoms with van der Waals surface area (Å²) in [5, 5.41) is 9.90. The third-order valence-electron chi connectivity index (χ3n) is 5.73. The first-order chi connectivity index (χ1) is 15.9. The van der Waals surface area contributed by atoms with Crippen LogP contribution >= 0.6 is 15.9 Å². The third-order valence-corrected chi connectivity index (χ3v) is 8.14. The molecule has 2 heterocycles. The zero-order valence-electron chi connectivity index (χ0n) is 17.3. The zero-order chi connectivity index (χ0) is 23.2. The maximum atomic E-state index is 14.1. The summed E-state index contributed by atoms with van der Waals surface area (Å²) in [6.45, 7) is 0.144. The standard InChI is InChI=1S/C25H18BrN3O3S/c26-18-12-10-17(11-13-18)22-20(14-27)25(28)32-23-19-8-4-5-9-21(19)29(33(30,31)24(22)23)15-16-6-2-1-3-7-16/h1-13,22H,15,28H2/t22-/m0/s1. The van der Waals surface area contributed by atoms with Gasteiger partial charge in [-0.05, 0) is 35.4 Å². The molecule has 0 amide bonds. The highest BCUT2D eigenvalue weighted by Gasteiger charge is 2.47. The summed E-state index contributed by atoms with van der Waals surface area (Å²) in [5.74, 6) is -0.812. The minimum atomic E-state index is -4.07. The Labute approximate surface area is 200 Å². The van der Waals surface area contributed by atoms with E-state index in [1.54, 1.807) is 42.5 Å². The van der Waals surface area contributed by atoms with Crippen molar-refractivity contribution in [2.75, 3.05) is 4.31 Å². The number of halogens is 1. The van der Waals surface area contributed by atoms with Crippen LogP contribution in [0.2, 0.25) is 0 Å². The van der Waals surface area contributed by atoms with Gasteiger partial charge < -0.3 is 10.5 Å². The largest absolute Gasteiger partial charge is 0.439 e. The number of para-hydroxylation sites is 1. The molecule has 5 rings (SSSR count). The number of nitrogens with zero attached hydrogens (tertiary/aromatic N) is 2. The Bertz CT molecular complexity index is 1460. The second kappa shape index (κ2) is 8.10. The van der Waals surface area contributed by atoms with Crippen molar-refractivity contribution >= 4 is 37.4 Å². The number of benzene rings is 3. The molecule has 0 saturated carbocycles. The molecule has 164 valence electrons. The summed E-state index contributed by atoms with van der Waals surface area (Å²) in [6, 6.07) is 25.8. The van der Waals surface area contributed by atoms with E-state index in [2.05, 4.69) is 22.0 Å². The first kappa shape index (κ1) is 21.3. The summed E-state index contributed by atoms with van der Waals surface area (Å²) in [5.41, 5.74) is 8.80. The average molecular weight is 520 g/mol. The molecule has 0 aliphatic carbocycles. The maximum absolute atomic E-state index is 14.1. The Morgan fingerprint density at radius 3 is 2.36 bits per heavy atom. The van der Waals surface area contributed by atoms with Crippen molar-refractivity contribution in [3.63, 3.8) is 0 Å². The Balaban J connectivity index is 1.77. The molecule has 3 aromatic carbocycles. The van der Waals surface area contributed by atoms with Gasteiger partial charge in [-0.3, -0.25) is 4.31 Å². The van der Waals surface area contributed by atoms with Crippen LogP contribution in [-0.4, -0.2) is 8.42 Å². The van der Waals surface area contributed by atoms with Crippen LogP contribution in [-0.2, 0) is 21.3 Å². The predicted octanol–water partition coefficient (Wildman–Crippen LogP) is 4.98. The van der Waals surface area contributed by atoms with Crippen LogP contribution in [0.4, 0.5) is 5.69 Å². The Morgan fingerprint density at radius 1 is 1.00 bits per heavy atom. The SMILES string of the molecule is N#CC1=C(N)OC2=C([C@H]1c1ccc(Br)cc1)S(=O)(=O)N(Cc1ccccc1)c1ccccc12. The Kier molecular flexibility index (Phi) is 5.23. The van der Waals surface area contributed by atoms with E-state index >= 15 is 0 Å². The molecule has 1 atom stereocenters. The number of hydrogen-bond donors (Lipinski definition) is 1. The molecule has 0 radical (unpaired) electrons. The predicted molar refractivity (Wildman–Crippen MR) is 130 cm³/mol. The highest BCUT2D eigenvalue weighted by atomic mass is 79.9. The van der Waals surface area contributed by atoms with E-state index in [-0.39, 0.29) is 28.7 Å². The maximum Gasteiger partial charge on any atom is 0.265 e. The van der Waals surface area contributed by atoms with Crippen molar-refractivity contribution < 1.29 is 13.2 Å². The number of ether oxygens (including phenoxy) is 1. The molecule has 0 fully saturated rings. The van der Waals surface area contributed by atoms with Crippen LogP contribution in [0.15, 0.2) is 99.7 Å². The number of sulfonamides is 1. The molecule has 3 aromatic rings. The van der Waals surface area contributed by atoms with Crippen molar-refractivity contribution in [2.45, 2.75) is 12.5 Å². The Hall–Kier alpha value is -3.54. The highest BCUT2D eigenvalue weighted by molar-refractivity contribution is 9.10. The van der Waals surface area contributed by atoms with Gasteiger partial charge in [0.2, 0.25) is 5.88 Å². The second-order valence-corrected chi connectivity index (χ2v) is 10.4. The molecule has 6 nitrogen and oxygen atoms in total. The van der Waals surface area contributed by atoms with Crippen LogP contribution in [0, 0.1) is 11.3 Å². The molecule has 0 bridgehead atoms. The lowest BCUT2D eigenvalue weighted by Crippen LogP contribution is -2.39. The molecule has 33 heavy (non-hydrogen) atoms. The van der Waals surface area contributed by atoms with E-state index in [9.17, 15) is 13.7 Å². The van der Waals surface area contributed by atoms with E-state index in [0.717, 1.165) is 10.0 Å². The molecule has 0 saturated heterocycles. The zero-order valence-corrected chi connectivity index (χ0v) is 19.7. The average Bonchev–Trinajstić information content (AvgIpc) is 2.82. The summed E-state index contributed by atoms with van der Waals surface area (Å²) in [6.07, 6.45) is 0. The Morgan fingerprint density at radius 2 is 1.67 bits per heavy atom. The van der Waals surface area contributed by atoms with Gasteiger partial charge in [0.05, 0.1) is 18.2 Å². The fourth-order valence-corrected chi connectivity index (χ4v) is 6.39. The number of rotatable bonds is 3. The lowest BCUT2D eigenvalue weighted by Gasteiger charge is -2.38. The van der Waals surface area contributed by atoms with Crippen molar-refractivity contribution in [3.8, 4) is 6.07 Å². The number of allylic oxidation sites excluding steroid dienone is 2. The van der Waals surface area contributed by atoms with E-state index in [1.165, 1.54) is 4.31 Å². The lowest BCUT2D eigenvalue weighted by atomic mass is 9.88. The second-order valence-electron chi connectivity index (χ2n) is 7.68. The minimum Gasteiger partial charge on any atom is -0.439 e. The van der Waals surface area contributed by atoms with Gasteiger partial charge in [-0.1, -0.05) is 70.5 Å². The van der Waals surface area contributed by atoms with Crippen LogP contribution < -0.4 is 10.0 Å². The van der Waals surface area contributed by atoms with Crippen molar-refractivity contribution in [2.24, 2.45) is 5.73 Å². The quantitative estimate of drug-likeness (QED) is 0.526. The van der Waals surface area contributed by atoms with Gasteiger partial charge in [-0.15, -0.1) is 0 Å². The summed E-state index contributed by atoms with van der Waals surface area (Å²) < 4.78 is 36.3. The van der Waals surface area contributed by atoms with Gasteiger partial charge in [-0.2, -0.15) is 5.26 Å². The smallest absolute Gasteiger partial charge is 0.265 e. The number of fused-ring (bicyclic) bond motifs is 2. The van der Waals surface area contributed by atoms with Crippen molar-refractivity contribution in [1.82, 2.24) is 0 Å². The van der Waals surface area contributed by atoms with Crippen molar-refractivity contribution in [1.29, 1.82) is 5.26 Å². The first-order valence-corrected chi connectivity index (χ1v) is 12.4. The normalized spacial score (nSPS) is 18.8. The molecule has 8 heteroatoms. The summed E-state index contributed by atoms with van der Waals surface area (Å²) in [7, 11) is -4.07. The molecular weight excluding hydrogens is 502 g/mol. The number of hydrogen-bond acceptors (Lipinski definition) is 5. The molecule has 2 aliphatic heterocycles. The van der Waals surface area contributed by atoms with Crippen LogP contribution in [0.5, 0.6) is 0 Å². The highest BCUT2D eigenvalue weighted by Crippen LogP contribution is 2.51. The molecule has 0 aromatic heterocycles. The first-order valence-electron chi connectivity index (χ1n) is 10.1. The minimum absolute atomic E-state index is 0.0187. The third kappa shape index (κ3) is 3.50. The fraction of sp³-hybridized carbons (Fsp3) is 0.0800. The molecule has 0 unspecified atom stereocenters. The van der Waals surface area contributed by atoms with Crippen molar-refractivity contribution in [3.05, 3.63) is 116 Å². The van der Waals surface area contributed by atoms with E-state index in [0.29, 0.717) is 16.8 Å². The van der Waals surface area contributed by atoms with E-state index in [4.69, 9.17) is 10.5 Å². The molecule has 0 spiro atoms. The van der Waals surface area contributed by atoms with Gasteiger partial charge in [0.25, 0.3) is 10.0 Å². The summed E-state index contributed by atoms with van der Waals surface area (Å²) >= 11 is 3.41. The van der Waals surface area contributed by atoms with Gasteiger partial charge in [-0.25, -0.2) is 8.42 Å². The van der Waals surface area contributed by atoms with Gasteiger partial charge in [0.1, 0.15) is 16.5 Å². The van der Waals surface area contributed by atoms with Gasteiger partial charge >= 0.3 is 0 Å².